The van der Waals surface area contributed by atoms with Gasteiger partial charge in [-0.25, -0.2) is 9.69 Å². The average Bonchev–Trinajstić information content (AvgIpc) is 2.70. The van der Waals surface area contributed by atoms with Gasteiger partial charge in [-0.15, -0.1) is 0 Å². The highest BCUT2D eigenvalue weighted by Gasteiger charge is 2.25. The molecule has 0 unspecified atom stereocenters. The molecule has 0 aliphatic rings. The van der Waals surface area contributed by atoms with Crippen molar-refractivity contribution < 1.29 is 14.3 Å². The van der Waals surface area contributed by atoms with Gasteiger partial charge in [0.1, 0.15) is 5.60 Å². The van der Waals surface area contributed by atoms with Crippen molar-refractivity contribution in [3.8, 4) is 0 Å². The first-order valence-corrected chi connectivity index (χ1v) is 11.4. The molecule has 0 atom stereocenters. The molecular weight excluding hydrogens is 481 g/mol. The Labute approximate surface area is 210 Å². The average molecular weight is 507 g/mol. The fourth-order valence-electron chi connectivity index (χ4n) is 2.62. The minimum Gasteiger partial charge on any atom is -0.443 e. The molecule has 2 rings (SSSR count). The van der Waals surface area contributed by atoms with E-state index in [1.807, 2.05) is 12.1 Å². The number of rotatable bonds is 6. The van der Waals surface area contributed by atoms with Crippen molar-refractivity contribution in [1.82, 2.24) is 4.90 Å². The van der Waals surface area contributed by atoms with Crippen molar-refractivity contribution >= 4 is 59.0 Å². The lowest BCUT2D eigenvalue weighted by Crippen LogP contribution is -2.40. The SMILES string of the molecule is CC(/C=C/c1ccc(Cl)cc1Cl)=C\C(=O)N(C/C=C\c1ccc(Cl)cc1)C(=O)OC(C)(C)C. The van der Waals surface area contributed by atoms with Crippen molar-refractivity contribution in [3.63, 3.8) is 0 Å². The maximum Gasteiger partial charge on any atom is 0.417 e. The monoisotopic (exact) mass is 505 g/mol. The van der Waals surface area contributed by atoms with Crippen molar-refractivity contribution in [2.75, 3.05) is 6.54 Å². The van der Waals surface area contributed by atoms with Gasteiger partial charge < -0.3 is 4.74 Å². The summed E-state index contributed by atoms with van der Waals surface area (Å²) < 4.78 is 5.41. The highest BCUT2D eigenvalue weighted by Crippen LogP contribution is 2.22. The second-order valence-corrected chi connectivity index (χ2v) is 9.55. The fourth-order valence-corrected chi connectivity index (χ4v) is 3.22. The lowest BCUT2D eigenvalue weighted by Gasteiger charge is -2.25. The number of amides is 2. The number of carbonyl (C=O) groups excluding carboxylic acids is 2. The number of imide groups is 1. The molecular formula is C26H26Cl3NO3. The van der Waals surface area contributed by atoms with E-state index >= 15 is 0 Å². The third-order valence-corrected chi connectivity index (χ3v) is 5.00. The van der Waals surface area contributed by atoms with E-state index in [-0.39, 0.29) is 6.54 Å². The highest BCUT2D eigenvalue weighted by atomic mass is 35.5. The normalized spacial score (nSPS) is 12.4. The lowest BCUT2D eigenvalue weighted by molar-refractivity contribution is -0.124. The van der Waals surface area contributed by atoms with Gasteiger partial charge in [-0.2, -0.15) is 0 Å². The summed E-state index contributed by atoms with van der Waals surface area (Å²) >= 11 is 18.0. The maximum atomic E-state index is 12.9. The predicted octanol–water partition coefficient (Wildman–Crippen LogP) is 8.08. The Morgan fingerprint density at radius 1 is 0.970 bits per heavy atom. The van der Waals surface area contributed by atoms with Crippen LogP contribution in [0.15, 0.2) is 66.3 Å². The number of carbonyl (C=O) groups is 2. The second kappa shape index (κ2) is 12.1. The summed E-state index contributed by atoms with van der Waals surface area (Å²) in [5, 5.41) is 1.67. The first-order valence-electron chi connectivity index (χ1n) is 10.2. The molecule has 0 spiro atoms. The van der Waals surface area contributed by atoms with E-state index in [0.717, 1.165) is 16.0 Å². The number of allylic oxidation sites excluding steroid dienone is 2. The maximum absolute atomic E-state index is 12.9. The quantitative estimate of drug-likeness (QED) is 0.294. The van der Waals surface area contributed by atoms with E-state index in [0.29, 0.717) is 20.6 Å². The molecule has 174 valence electrons. The summed E-state index contributed by atoms with van der Waals surface area (Å²) in [4.78, 5) is 26.6. The van der Waals surface area contributed by atoms with Crippen LogP contribution >= 0.6 is 34.8 Å². The van der Waals surface area contributed by atoms with Gasteiger partial charge in [0.05, 0.1) is 6.54 Å². The predicted molar refractivity (Wildman–Crippen MR) is 138 cm³/mol. The van der Waals surface area contributed by atoms with Crippen LogP contribution in [0.5, 0.6) is 0 Å². The Morgan fingerprint density at radius 2 is 1.61 bits per heavy atom. The van der Waals surface area contributed by atoms with E-state index in [1.165, 1.54) is 6.08 Å². The molecule has 0 fully saturated rings. The molecule has 7 heteroatoms. The lowest BCUT2D eigenvalue weighted by atomic mass is 10.1. The molecule has 0 saturated heterocycles. The second-order valence-electron chi connectivity index (χ2n) is 8.27. The number of halogens is 3. The smallest absolute Gasteiger partial charge is 0.417 e. The summed E-state index contributed by atoms with van der Waals surface area (Å²) in [6.07, 6.45) is 7.69. The van der Waals surface area contributed by atoms with Gasteiger partial charge in [0.15, 0.2) is 0 Å². The van der Waals surface area contributed by atoms with Crippen LogP contribution in [0, 0.1) is 0 Å². The Morgan fingerprint density at radius 3 is 2.21 bits per heavy atom. The molecule has 2 aromatic carbocycles. The van der Waals surface area contributed by atoms with Crippen LogP contribution in [-0.2, 0) is 9.53 Å². The zero-order valence-corrected chi connectivity index (χ0v) is 21.2. The molecule has 0 N–H and O–H groups in total. The molecule has 33 heavy (non-hydrogen) atoms. The molecule has 0 aliphatic heterocycles. The standard InChI is InChI=1S/C26H26Cl3NO3/c1-18(7-10-20-11-14-22(28)17-23(20)29)16-24(31)30(25(32)33-26(2,3)4)15-5-6-19-8-12-21(27)13-9-19/h5-14,16-17H,15H2,1-4H3/b6-5-,10-7+,18-16+. The third-order valence-electron chi connectivity index (χ3n) is 4.19. The highest BCUT2D eigenvalue weighted by molar-refractivity contribution is 6.35. The minimum absolute atomic E-state index is 0.0485. The van der Waals surface area contributed by atoms with E-state index in [4.69, 9.17) is 39.5 Å². The van der Waals surface area contributed by atoms with Crippen LogP contribution in [0.2, 0.25) is 15.1 Å². The van der Waals surface area contributed by atoms with Crippen molar-refractivity contribution in [3.05, 3.63) is 92.5 Å². The van der Waals surface area contributed by atoms with Crippen LogP contribution in [0.25, 0.3) is 12.2 Å². The number of hydrogen-bond donors (Lipinski definition) is 0. The topological polar surface area (TPSA) is 46.6 Å². The molecule has 0 bridgehead atoms. The number of nitrogens with zero attached hydrogens (tertiary/aromatic N) is 1. The zero-order valence-electron chi connectivity index (χ0n) is 18.9. The van der Waals surface area contributed by atoms with Crippen LogP contribution in [-0.4, -0.2) is 29.0 Å². The molecule has 0 heterocycles. The number of benzene rings is 2. The van der Waals surface area contributed by atoms with Crippen molar-refractivity contribution in [2.24, 2.45) is 0 Å². The Hall–Kier alpha value is -2.53. The molecule has 0 saturated carbocycles. The Balaban J connectivity index is 2.19. The Bertz CT molecular complexity index is 1080. The summed E-state index contributed by atoms with van der Waals surface area (Å²) in [6.45, 7) is 7.05. The Kier molecular flexibility index (Phi) is 9.78. The molecule has 2 aromatic rings. The van der Waals surface area contributed by atoms with Gasteiger partial charge in [0.2, 0.25) is 0 Å². The van der Waals surface area contributed by atoms with Gasteiger partial charge in [-0.05, 0) is 68.7 Å². The largest absolute Gasteiger partial charge is 0.443 e. The molecule has 4 nitrogen and oxygen atoms in total. The summed E-state index contributed by atoms with van der Waals surface area (Å²) in [7, 11) is 0. The van der Waals surface area contributed by atoms with E-state index in [9.17, 15) is 9.59 Å². The van der Waals surface area contributed by atoms with E-state index < -0.39 is 17.6 Å². The van der Waals surface area contributed by atoms with Crippen LogP contribution in [0.3, 0.4) is 0 Å². The summed E-state index contributed by atoms with van der Waals surface area (Å²) in [6, 6.07) is 12.4. The molecule has 0 aliphatic carbocycles. The number of hydrogen-bond acceptors (Lipinski definition) is 3. The zero-order chi connectivity index (χ0) is 24.6. The fraction of sp³-hybridized carbons (Fsp3) is 0.231. The van der Waals surface area contributed by atoms with Gasteiger partial charge in [0.25, 0.3) is 5.91 Å². The summed E-state index contributed by atoms with van der Waals surface area (Å²) in [5.74, 6) is -0.491. The summed E-state index contributed by atoms with van der Waals surface area (Å²) in [5.41, 5.74) is 1.56. The van der Waals surface area contributed by atoms with Gasteiger partial charge >= 0.3 is 6.09 Å². The van der Waals surface area contributed by atoms with Crippen molar-refractivity contribution in [1.29, 1.82) is 0 Å². The first-order chi connectivity index (χ1) is 15.4. The van der Waals surface area contributed by atoms with E-state index in [2.05, 4.69) is 0 Å². The molecule has 0 aromatic heterocycles. The van der Waals surface area contributed by atoms with Crippen molar-refractivity contribution in [2.45, 2.75) is 33.3 Å². The van der Waals surface area contributed by atoms with Gasteiger partial charge in [0, 0.05) is 21.1 Å². The molecule has 2 amide bonds. The minimum atomic E-state index is -0.737. The third kappa shape index (κ3) is 9.47. The van der Waals surface area contributed by atoms with Crippen LogP contribution in [0.4, 0.5) is 4.79 Å². The first kappa shape index (κ1) is 26.7. The van der Waals surface area contributed by atoms with Gasteiger partial charge in [-0.1, -0.05) is 77.3 Å². The van der Waals surface area contributed by atoms with E-state index in [1.54, 1.807) is 82.3 Å². The van der Waals surface area contributed by atoms with Gasteiger partial charge in [-0.3, -0.25) is 4.79 Å². The number of ether oxygens (including phenoxy) is 1. The van der Waals surface area contributed by atoms with Crippen LogP contribution in [0.1, 0.15) is 38.8 Å². The molecule has 0 radical (unpaired) electrons. The van der Waals surface area contributed by atoms with Crippen LogP contribution < -0.4 is 0 Å².